The van der Waals surface area contributed by atoms with Crippen molar-refractivity contribution in [1.29, 1.82) is 0 Å². The number of carbonyl (C=O) groups excluding carboxylic acids is 2. The number of carbonyl (C=O) groups is 2. The average molecular weight is 414 g/mol. The van der Waals surface area contributed by atoms with E-state index in [1.807, 2.05) is 30.3 Å². The summed E-state index contributed by atoms with van der Waals surface area (Å²) in [6.07, 6.45) is 0. The Labute approximate surface area is 177 Å². The van der Waals surface area contributed by atoms with Gasteiger partial charge in [0.05, 0.1) is 12.1 Å². The smallest absolute Gasteiger partial charge is 0.273 e. The summed E-state index contributed by atoms with van der Waals surface area (Å²) >= 11 is 0. The molecular formula is C22H18N6O3. The molecule has 0 saturated carbocycles. The Balaban J connectivity index is 1.35. The zero-order valence-electron chi connectivity index (χ0n) is 16.3. The van der Waals surface area contributed by atoms with Crippen molar-refractivity contribution in [3.63, 3.8) is 0 Å². The van der Waals surface area contributed by atoms with E-state index in [1.54, 1.807) is 36.4 Å². The largest absolute Gasteiger partial charge is 0.507 e. The Bertz CT molecular complexity index is 1210. The first kappa shape index (κ1) is 19.8. The van der Waals surface area contributed by atoms with Gasteiger partial charge >= 0.3 is 0 Å². The van der Waals surface area contributed by atoms with Crippen LogP contribution < -0.4 is 10.9 Å². The Hall–Kier alpha value is -4.53. The van der Waals surface area contributed by atoms with Crippen LogP contribution >= 0.6 is 0 Å². The summed E-state index contributed by atoms with van der Waals surface area (Å²) in [5, 5.41) is 22.2. The number of hydrazine groups is 1. The summed E-state index contributed by atoms with van der Waals surface area (Å²) in [4.78, 5) is 25.8. The molecule has 0 aliphatic rings. The fourth-order valence-electron chi connectivity index (χ4n) is 2.86. The van der Waals surface area contributed by atoms with Crippen LogP contribution in [-0.2, 0) is 6.54 Å². The normalized spacial score (nSPS) is 10.5. The van der Waals surface area contributed by atoms with Crippen LogP contribution in [0.25, 0.3) is 11.4 Å². The molecule has 3 N–H and O–H groups in total. The molecule has 154 valence electrons. The van der Waals surface area contributed by atoms with Crippen LogP contribution in [0.2, 0.25) is 0 Å². The van der Waals surface area contributed by atoms with Gasteiger partial charge in [0, 0.05) is 11.1 Å². The predicted molar refractivity (Wildman–Crippen MR) is 112 cm³/mol. The van der Waals surface area contributed by atoms with E-state index in [4.69, 9.17) is 0 Å². The lowest BCUT2D eigenvalue weighted by Gasteiger charge is -2.09. The van der Waals surface area contributed by atoms with Gasteiger partial charge in [-0.2, -0.15) is 4.80 Å². The van der Waals surface area contributed by atoms with Gasteiger partial charge in [-0.25, -0.2) is 0 Å². The summed E-state index contributed by atoms with van der Waals surface area (Å²) in [6.45, 7) is 0.395. The second-order valence-corrected chi connectivity index (χ2v) is 6.63. The summed E-state index contributed by atoms with van der Waals surface area (Å²) in [6, 6.07) is 22.4. The van der Waals surface area contributed by atoms with Crippen molar-refractivity contribution in [3.05, 3.63) is 95.6 Å². The van der Waals surface area contributed by atoms with Gasteiger partial charge in [-0.05, 0) is 35.0 Å². The summed E-state index contributed by atoms with van der Waals surface area (Å²) < 4.78 is 0. The van der Waals surface area contributed by atoms with E-state index in [9.17, 15) is 14.7 Å². The molecule has 1 heterocycles. The Morgan fingerprint density at radius 3 is 2.26 bits per heavy atom. The Morgan fingerprint density at radius 2 is 1.52 bits per heavy atom. The molecule has 0 unspecified atom stereocenters. The summed E-state index contributed by atoms with van der Waals surface area (Å²) in [5.74, 6) is -0.734. The zero-order valence-corrected chi connectivity index (χ0v) is 16.3. The fraction of sp³-hybridized carbons (Fsp3) is 0.0455. The van der Waals surface area contributed by atoms with Crippen LogP contribution in [0.5, 0.6) is 5.75 Å². The summed E-state index contributed by atoms with van der Waals surface area (Å²) in [5.41, 5.74) is 6.79. The minimum atomic E-state index is -0.616. The van der Waals surface area contributed by atoms with Gasteiger partial charge < -0.3 is 5.11 Å². The van der Waals surface area contributed by atoms with Crippen LogP contribution in [-0.4, -0.2) is 37.1 Å². The van der Waals surface area contributed by atoms with Gasteiger partial charge in [-0.3, -0.25) is 20.4 Å². The van der Waals surface area contributed by atoms with E-state index in [-0.39, 0.29) is 11.3 Å². The number of nitrogens with zero attached hydrogens (tertiary/aromatic N) is 4. The maximum Gasteiger partial charge on any atom is 0.273 e. The molecule has 31 heavy (non-hydrogen) atoms. The highest BCUT2D eigenvalue weighted by Crippen LogP contribution is 2.15. The van der Waals surface area contributed by atoms with Gasteiger partial charge in [0.2, 0.25) is 5.82 Å². The number of hydrogen-bond acceptors (Lipinski definition) is 6. The Morgan fingerprint density at radius 1 is 0.839 bits per heavy atom. The number of phenols is 1. The quantitative estimate of drug-likeness (QED) is 0.430. The van der Waals surface area contributed by atoms with Gasteiger partial charge in [0.15, 0.2) is 0 Å². The van der Waals surface area contributed by atoms with Gasteiger partial charge in [0.1, 0.15) is 5.75 Å². The number of aromatic hydroxyl groups is 1. The van der Waals surface area contributed by atoms with Crippen molar-refractivity contribution in [2.45, 2.75) is 6.54 Å². The molecule has 0 spiro atoms. The van der Waals surface area contributed by atoms with Crippen molar-refractivity contribution >= 4 is 11.8 Å². The molecule has 0 radical (unpaired) electrons. The molecule has 1 aromatic heterocycles. The number of phenolic OH excluding ortho intramolecular Hbond substituents is 1. The van der Waals surface area contributed by atoms with Crippen LogP contribution in [0, 0.1) is 0 Å². The highest BCUT2D eigenvalue weighted by molar-refractivity contribution is 6.00. The van der Waals surface area contributed by atoms with Gasteiger partial charge in [-0.15, -0.1) is 10.2 Å². The molecule has 0 aliphatic heterocycles. The molecule has 0 fully saturated rings. The van der Waals surface area contributed by atoms with E-state index >= 15 is 0 Å². The molecule has 4 rings (SSSR count). The van der Waals surface area contributed by atoms with Crippen molar-refractivity contribution < 1.29 is 14.7 Å². The third kappa shape index (κ3) is 4.73. The lowest BCUT2D eigenvalue weighted by Crippen LogP contribution is -2.41. The molecule has 0 aliphatic carbocycles. The first-order valence-corrected chi connectivity index (χ1v) is 9.41. The number of amides is 2. The average Bonchev–Trinajstić information content (AvgIpc) is 3.27. The van der Waals surface area contributed by atoms with Gasteiger partial charge in [0.25, 0.3) is 11.8 Å². The molecule has 9 nitrogen and oxygen atoms in total. The van der Waals surface area contributed by atoms with Crippen molar-refractivity contribution in [1.82, 2.24) is 31.1 Å². The maximum absolute atomic E-state index is 12.3. The number of rotatable bonds is 5. The second kappa shape index (κ2) is 8.87. The third-order valence-corrected chi connectivity index (χ3v) is 4.46. The topological polar surface area (TPSA) is 122 Å². The standard InChI is InChI=1S/C22H18N6O3/c29-19-9-5-4-8-18(19)22(31)25-24-21(30)17-12-10-15(11-13-17)14-28-26-20(23-27-28)16-6-2-1-3-7-16/h1-13,29H,14H2,(H,24,30)(H,25,31). The second-order valence-electron chi connectivity index (χ2n) is 6.63. The third-order valence-electron chi connectivity index (χ3n) is 4.46. The first-order valence-electron chi connectivity index (χ1n) is 9.41. The molecule has 9 heteroatoms. The number of tetrazole rings is 1. The Kier molecular flexibility index (Phi) is 5.66. The molecule has 0 saturated heterocycles. The SMILES string of the molecule is O=C(NNC(=O)c1ccccc1O)c1ccc(Cn2nnc(-c3ccccc3)n2)cc1. The van der Waals surface area contributed by atoms with Crippen LogP contribution in [0.4, 0.5) is 0 Å². The predicted octanol–water partition coefficient (Wildman–Crippen LogP) is 2.17. The zero-order chi connectivity index (χ0) is 21.6. The fourth-order valence-corrected chi connectivity index (χ4v) is 2.86. The molecule has 0 atom stereocenters. The number of aromatic nitrogens is 4. The minimum Gasteiger partial charge on any atom is -0.507 e. The molecule has 4 aromatic rings. The lowest BCUT2D eigenvalue weighted by atomic mass is 10.1. The van der Waals surface area contributed by atoms with Crippen molar-refractivity contribution in [2.24, 2.45) is 0 Å². The van der Waals surface area contributed by atoms with E-state index < -0.39 is 11.8 Å². The van der Waals surface area contributed by atoms with Crippen LogP contribution in [0.3, 0.4) is 0 Å². The molecule has 2 amide bonds. The van der Waals surface area contributed by atoms with E-state index in [1.165, 1.54) is 16.9 Å². The van der Waals surface area contributed by atoms with E-state index in [0.717, 1.165) is 11.1 Å². The van der Waals surface area contributed by atoms with Gasteiger partial charge in [-0.1, -0.05) is 54.6 Å². The molecule has 0 bridgehead atoms. The number of hydrogen-bond donors (Lipinski definition) is 3. The van der Waals surface area contributed by atoms with E-state index in [2.05, 4.69) is 26.3 Å². The maximum atomic E-state index is 12.3. The molecular weight excluding hydrogens is 396 g/mol. The van der Waals surface area contributed by atoms with Crippen molar-refractivity contribution in [2.75, 3.05) is 0 Å². The number of benzene rings is 3. The van der Waals surface area contributed by atoms with Crippen LogP contribution in [0.15, 0.2) is 78.9 Å². The van der Waals surface area contributed by atoms with E-state index in [0.29, 0.717) is 17.9 Å². The first-order chi connectivity index (χ1) is 15.1. The van der Waals surface area contributed by atoms with Crippen molar-refractivity contribution in [3.8, 4) is 17.1 Å². The summed E-state index contributed by atoms with van der Waals surface area (Å²) in [7, 11) is 0. The number of para-hydroxylation sites is 1. The minimum absolute atomic E-state index is 0.0633. The monoisotopic (exact) mass is 414 g/mol. The van der Waals surface area contributed by atoms with Crippen LogP contribution in [0.1, 0.15) is 26.3 Å². The highest BCUT2D eigenvalue weighted by atomic mass is 16.3. The lowest BCUT2D eigenvalue weighted by molar-refractivity contribution is 0.0845. The number of nitrogens with one attached hydrogen (secondary N) is 2. The highest BCUT2D eigenvalue weighted by Gasteiger charge is 2.12. The molecule has 3 aromatic carbocycles.